The Morgan fingerprint density at radius 1 is 1.30 bits per heavy atom. The minimum Gasteiger partial charge on any atom is -0.361 e. The maximum atomic E-state index is 13.8. The van der Waals surface area contributed by atoms with Gasteiger partial charge in [0.2, 0.25) is 0 Å². The summed E-state index contributed by atoms with van der Waals surface area (Å²) in [6.07, 6.45) is 6.48. The van der Waals surface area contributed by atoms with Gasteiger partial charge in [0, 0.05) is 48.5 Å². The zero-order valence-electron chi connectivity index (χ0n) is 12.5. The van der Waals surface area contributed by atoms with Crippen LogP contribution in [0.25, 0.3) is 10.9 Å². The quantitative estimate of drug-likeness (QED) is 0.789. The van der Waals surface area contributed by atoms with Crippen LogP contribution in [-0.2, 0) is 0 Å². The highest BCUT2D eigenvalue weighted by atomic mass is 19.1. The number of carbonyl (C=O) groups is 1. The Morgan fingerprint density at radius 3 is 3.04 bits per heavy atom. The molecule has 0 bridgehead atoms. The lowest BCUT2D eigenvalue weighted by molar-refractivity contribution is 0.0786. The lowest BCUT2D eigenvalue weighted by Gasteiger charge is -2.17. The molecule has 5 heteroatoms. The zero-order chi connectivity index (χ0) is 15.8. The predicted molar refractivity (Wildman–Crippen MR) is 85.8 cm³/mol. The lowest BCUT2D eigenvalue weighted by Crippen LogP contribution is -2.29. The number of rotatable bonds is 2. The molecule has 116 valence electrons. The molecule has 4 rings (SSSR count). The number of amides is 1. The lowest BCUT2D eigenvalue weighted by atomic mass is 9.99. The summed E-state index contributed by atoms with van der Waals surface area (Å²) in [6, 6.07) is 8.09. The van der Waals surface area contributed by atoms with Gasteiger partial charge in [0.1, 0.15) is 5.82 Å². The standard InChI is InChI=1S/C18H16FN3O/c19-16-4-2-1-3-13(16)18(23)22-8-6-12(11-22)14-10-21-17-5-7-20-9-15(14)17/h1-5,7,9-10,12,21H,6,8,11H2. The fourth-order valence-electron chi connectivity index (χ4n) is 3.32. The first-order chi connectivity index (χ1) is 11.2. The Hall–Kier alpha value is -2.69. The molecule has 1 aromatic carbocycles. The van der Waals surface area contributed by atoms with Crippen molar-refractivity contribution >= 4 is 16.8 Å². The van der Waals surface area contributed by atoms with Gasteiger partial charge in [-0.1, -0.05) is 12.1 Å². The summed E-state index contributed by atoms with van der Waals surface area (Å²) in [5.41, 5.74) is 2.37. The third-order valence-corrected chi connectivity index (χ3v) is 4.53. The van der Waals surface area contributed by atoms with Gasteiger partial charge in [-0.3, -0.25) is 9.78 Å². The second kappa shape index (κ2) is 5.50. The van der Waals surface area contributed by atoms with Crippen LogP contribution in [0.15, 0.2) is 48.9 Å². The summed E-state index contributed by atoms with van der Waals surface area (Å²) in [5, 5.41) is 1.10. The summed E-state index contributed by atoms with van der Waals surface area (Å²) >= 11 is 0. The number of nitrogens with one attached hydrogen (secondary N) is 1. The van der Waals surface area contributed by atoms with E-state index in [1.807, 2.05) is 18.5 Å². The maximum Gasteiger partial charge on any atom is 0.256 e. The summed E-state index contributed by atoms with van der Waals surface area (Å²) in [5.74, 6) is -0.440. The van der Waals surface area contributed by atoms with Crippen molar-refractivity contribution < 1.29 is 9.18 Å². The van der Waals surface area contributed by atoms with E-state index in [0.717, 1.165) is 17.3 Å². The van der Waals surface area contributed by atoms with Gasteiger partial charge >= 0.3 is 0 Å². The number of carbonyl (C=O) groups excluding carboxylic acids is 1. The van der Waals surface area contributed by atoms with Crippen LogP contribution >= 0.6 is 0 Å². The molecule has 1 aliphatic heterocycles. The molecule has 1 aliphatic rings. The first kappa shape index (κ1) is 13.9. The van der Waals surface area contributed by atoms with Gasteiger partial charge in [-0.25, -0.2) is 4.39 Å². The van der Waals surface area contributed by atoms with Crippen LogP contribution in [0.3, 0.4) is 0 Å². The van der Waals surface area contributed by atoms with Crippen molar-refractivity contribution in [3.63, 3.8) is 0 Å². The molecule has 4 nitrogen and oxygen atoms in total. The van der Waals surface area contributed by atoms with Crippen molar-refractivity contribution in [1.29, 1.82) is 0 Å². The first-order valence-corrected chi connectivity index (χ1v) is 7.69. The molecule has 3 aromatic rings. The fraction of sp³-hybridized carbons (Fsp3) is 0.222. The van der Waals surface area contributed by atoms with Crippen LogP contribution in [0, 0.1) is 5.82 Å². The summed E-state index contributed by atoms with van der Waals surface area (Å²) in [4.78, 5) is 21.7. The number of likely N-dealkylation sites (tertiary alicyclic amines) is 1. The number of aromatic amines is 1. The number of H-pyrrole nitrogens is 1. The molecule has 1 saturated heterocycles. The number of benzene rings is 1. The Kier molecular flexibility index (Phi) is 3.33. The Labute approximate surface area is 133 Å². The predicted octanol–water partition coefficient (Wildman–Crippen LogP) is 3.33. The molecule has 1 amide bonds. The summed E-state index contributed by atoms with van der Waals surface area (Å²) in [7, 11) is 0. The van der Waals surface area contributed by atoms with Crippen LogP contribution in [-0.4, -0.2) is 33.9 Å². The van der Waals surface area contributed by atoms with E-state index < -0.39 is 5.82 Å². The molecular weight excluding hydrogens is 293 g/mol. The van der Waals surface area contributed by atoms with Crippen molar-refractivity contribution in [1.82, 2.24) is 14.9 Å². The second-order valence-electron chi connectivity index (χ2n) is 5.88. The van der Waals surface area contributed by atoms with Gasteiger partial charge in [-0.2, -0.15) is 0 Å². The summed E-state index contributed by atoms with van der Waals surface area (Å²) < 4.78 is 13.8. The van der Waals surface area contributed by atoms with Crippen molar-refractivity contribution in [2.75, 3.05) is 13.1 Å². The van der Waals surface area contributed by atoms with Gasteiger partial charge in [0.05, 0.1) is 5.56 Å². The normalized spacial score (nSPS) is 17.8. The van der Waals surface area contributed by atoms with E-state index in [0.29, 0.717) is 13.1 Å². The SMILES string of the molecule is O=C(c1ccccc1F)N1CCC(c2c[nH]c3ccncc23)C1. The Bertz CT molecular complexity index is 873. The molecule has 3 heterocycles. The number of halogens is 1. The highest BCUT2D eigenvalue weighted by Gasteiger charge is 2.30. The number of aromatic nitrogens is 2. The molecule has 2 aromatic heterocycles. The van der Waals surface area contributed by atoms with E-state index in [-0.39, 0.29) is 17.4 Å². The van der Waals surface area contributed by atoms with Gasteiger partial charge in [0.15, 0.2) is 0 Å². The number of nitrogens with zero attached hydrogens (tertiary/aromatic N) is 2. The van der Waals surface area contributed by atoms with E-state index in [1.54, 1.807) is 29.3 Å². The van der Waals surface area contributed by atoms with E-state index >= 15 is 0 Å². The molecule has 23 heavy (non-hydrogen) atoms. The molecule has 1 unspecified atom stereocenters. The van der Waals surface area contributed by atoms with Gasteiger partial charge in [-0.05, 0) is 30.2 Å². The van der Waals surface area contributed by atoms with E-state index in [9.17, 15) is 9.18 Å². The Morgan fingerprint density at radius 2 is 2.17 bits per heavy atom. The molecule has 1 atom stereocenters. The molecule has 1 N–H and O–H groups in total. The van der Waals surface area contributed by atoms with Gasteiger partial charge in [0.25, 0.3) is 5.91 Å². The van der Waals surface area contributed by atoms with Gasteiger partial charge < -0.3 is 9.88 Å². The Balaban J connectivity index is 1.58. The molecule has 0 radical (unpaired) electrons. The first-order valence-electron chi connectivity index (χ1n) is 7.69. The highest BCUT2D eigenvalue weighted by Crippen LogP contribution is 2.32. The van der Waals surface area contributed by atoms with E-state index in [1.165, 1.54) is 11.6 Å². The van der Waals surface area contributed by atoms with Crippen LogP contribution in [0.2, 0.25) is 0 Å². The number of fused-ring (bicyclic) bond motifs is 1. The monoisotopic (exact) mass is 309 g/mol. The molecule has 0 saturated carbocycles. The van der Waals surface area contributed by atoms with E-state index in [4.69, 9.17) is 0 Å². The average molecular weight is 309 g/mol. The molecule has 0 spiro atoms. The molecular formula is C18H16FN3O. The van der Waals surface area contributed by atoms with Crippen molar-refractivity contribution in [2.45, 2.75) is 12.3 Å². The van der Waals surface area contributed by atoms with Crippen LogP contribution < -0.4 is 0 Å². The summed E-state index contributed by atoms with van der Waals surface area (Å²) in [6.45, 7) is 1.25. The number of pyridine rings is 1. The van der Waals surface area contributed by atoms with Crippen molar-refractivity contribution in [3.8, 4) is 0 Å². The average Bonchev–Trinajstić information content (AvgIpc) is 3.21. The largest absolute Gasteiger partial charge is 0.361 e. The maximum absolute atomic E-state index is 13.8. The molecule has 1 fully saturated rings. The topological polar surface area (TPSA) is 49.0 Å². The third kappa shape index (κ3) is 2.38. The smallest absolute Gasteiger partial charge is 0.256 e. The van der Waals surface area contributed by atoms with Gasteiger partial charge in [-0.15, -0.1) is 0 Å². The van der Waals surface area contributed by atoms with Crippen LogP contribution in [0.4, 0.5) is 4.39 Å². The van der Waals surface area contributed by atoms with Crippen LogP contribution in [0.5, 0.6) is 0 Å². The van der Waals surface area contributed by atoms with Crippen molar-refractivity contribution in [3.05, 3.63) is 65.9 Å². The third-order valence-electron chi connectivity index (χ3n) is 4.53. The molecule has 0 aliphatic carbocycles. The second-order valence-corrected chi connectivity index (χ2v) is 5.88. The fourth-order valence-corrected chi connectivity index (χ4v) is 3.32. The van der Waals surface area contributed by atoms with Crippen molar-refractivity contribution in [2.24, 2.45) is 0 Å². The minimum absolute atomic E-state index is 0.147. The van der Waals surface area contributed by atoms with Crippen LogP contribution in [0.1, 0.15) is 28.3 Å². The number of hydrogen-bond acceptors (Lipinski definition) is 2. The van der Waals surface area contributed by atoms with E-state index in [2.05, 4.69) is 9.97 Å². The minimum atomic E-state index is -0.461. The number of hydrogen-bond donors (Lipinski definition) is 1. The highest BCUT2D eigenvalue weighted by molar-refractivity contribution is 5.94. The zero-order valence-corrected chi connectivity index (χ0v) is 12.5.